The van der Waals surface area contributed by atoms with Crippen molar-refractivity contribution in [3.05, 3.63) is 20.6 Å². The maximum Gasteiger partial charge on any atom is 0.309 e. The summed E-state index contributed by atoms with van der Waals surface area (Å²) in [6.07, 6.45) is 0. The Morgan fingerprint density at radius 2 is 1.96 bits per heavy atom. The van der Waals surface area contributed by atoms with Crippen LogP contribution in [0, 0.1) is 5.92 Å². The summed E-state index contributed by atoms with van der Waals surface area (Å²) >= 11 is 8.57. The first-order valence-electron chi connectivity index (χ1n) is 7.45. The van der Waals surface area contributed by atoms with Crippen LogP contribution in [0.2, 0.25) is 0 Å². The predicted octanol–water partition coefficient (Wildman–Crippen LogP) is 5.31. The monoisotopic (exact) mass is 468 g/mol. The van der Waals surface area contributed by atoms with E-state index < -0.39 is 0 Å². The van der Waals surface area contributed by atoms with Crippen LogP contribution in [-0.4, -0.2) is 30.0 Å². The molecule has 0 bridgehead atoms. The molecule has 130 valence electrons. The molecule has 1 aromatic carbocycles. The minimum atomic E-state index is -0.195. The normalized spacial score (nSPS) is 13.5. The lowest BCUT2D eigenvalue weighted by molar-refractivity contribution is -0.146. The van der Waals surface area contributed by atoms with Gasteiger partial charge in [0.2, 0.25) is 0 Å². The number of halogens is 2. The number of esters is 1. The first-order valence-corrected chi connectivity index (χ1v) is 10.1. The maximum atomic E-state index is 11.7. The Morgan fingerprint density at radius 3 is 2.52 bits per heavy atom. The van der Waals surface area contributed by atoms with Gasteiger partial charge in [0.25, 0.3) is 0 Å². The standard InChI is InChI=1S/C16H22Br2O4S/c1-5-21-12-7-11(17)14(18)13(15(12)19)10(4)23-8-9(3)16(20)22-6-2/h7,9-10,19H,5-6,8H2,1-4H3. The third kappa shape index (κ3) is 5.57. The molecule has 0 heterocycles. The molecule has 0 amide bonds. The Balaban J connectivity index is 2.91. The number of ether oxygens (including phenoxy) is 2. The number of hydrogen-bond acceptors (Lipinski definition) is 5. The van der Waals surface area contributed by atoms with Crippen LogP contribution in [0.5, 0.6) is 11.5 Å². The average Bonchev–Trinajstić information content (AvgIpc) is 2.50. The summed E-state index contributed by atoms with van der Waals surface area (Å²) in [7, 11) is 0. The van der Waals surface area contributed by atoms with Gasteiger partial charge >= 0.3 is 5.97 Å². The lowest BCUT2D eigenvalue weighted by Gasteiger charge is -2.20. The largest absolute Gasteiger partial charge is 0.504 e. The highest BCUT2D eigenvalue weighted by Crippen LogP contribution is 2.47. The van der Waals surface area contributed by atoms with Crippen molar-refractivity contribution in [3.63, 3.8) is 0 Å². The second-order valence-corrected chi connectivity index (χ2v) is 8.02. The molecular formula is C16H22Br2O4S. The molecule has 0 saturated carbocycles. The van der Waals surface area contributed by atoms with E-state index in [2.05, 4.69) is 31.9 Å². The van der Waals surface area contributed by atoms with Crippen LogP contribution in [-0.2, 0) is 9.53 Å². The predicted molar refractivity (Wildman–Crippen MR) is 101 cm³/mol. The number of benzene rings is 1. The van der Waals surface area contributed by atoms with Crippen LogP contribution in [0.25, 0.3) is 0 Å². The van der Waals surface area contributed by atoms with Crippen LogP contribution in [0.3, 0.4) is 0 Å². The van der Waals surface area contributed by atoms with Crippen LogP contribution in [0.15, 0.2) is 15.0 Å². The van der Waals surface area contributed by atoms with E-state index in [1.54, 1.807) is 24.8 Å². The van der Waals surface area contributed by atoms with E-state index in [9.17, 15) is 9.90 Å². The Labute approximate surface area is 158 Å². The molecule has 0 fully saturated rings. The lowest BCUT2D eigenvalue weighted by atomic mass is 10.1. The number of carbonyl (C=O) groups excluding carboxylic acids is 1. The zero-order valence-electron chi connectivity index (χ0n) is 13.7. The molecule has 0 aromatic heterocycles. The van der Waals surface area contributed by atoms with Crippen molar-refractivity contribution in [2.75, 3.05) is 19.0 Å². The molecule has 0 radical (unpaired) electrons. The van der Waals surface area contributed by atoms with E-state index >= 15 is 0 Å². The Morgan fingerprint density at radius 1 is 1.30 bits per heavy atom. The summed E-state index contributed by atoms with van der Waals surface area (Å²) in [5, 5.41) is 10.5. The van der Waals surface area contributed by atoms with Crippen molar-refractivity contribution in [1.82, 2.24) is 0 Å². The van der Waals surface area contributed by atoms with Crippen LogP contribution in [0.4, 0.5) is 0 Å². The molecule has 1 aromatic rings. The molecule has 0 aliphatic heterocycles. The van der Waals surface area contributed by atoms with Crippen LogP contribution < -0.4 is 4.74 Å². The highest BCUT2D eigenvalue weighted by Gasteiger charge is 2.23. The molecule has 0 aliphatic rings. The molecule has 2 atom stereocenters. The number of carbonyl (C=O) groups is 1. The smallest absolute Gasteiger partial charge is 0.309 e. The first kappa shape index (κ1) is 20.6. The molecule has 1 N–H and O–H groups in total. The molecule has 0 saturated heterocycles. The first-order chi connectivity index (χ1) is 10.8. The second kappa shape index (κ2) is 9.79. The summed E-state index contributed by atoms with van der Waals surface area (Å²) in [5.74, 6) is 0.804. The number of phenols is 1. The minimum Gasteiger partial charge on any atom is -0.504 e. The fourth-order valence-electron chi connectivity index (χ4n) is 1.97. The summed E-state index contributed by atoms with van der Waals surface area (Å²) < 4.78 is 12.1. The minimum absolute atomic E-state index is 0.0158. The fraction of sp³-hybridized carbons (Fsp3) is 0.562. The van der Waals surface area contributed by atoms with Gasteiger partial charge in [0, 0.05) is 25.5 Å². The van der Waals surface area contributed by atoms with Crippen molar-refractivity contribution in [3.8, 4) is 11.5 Å². The number of hydrogen-bond donors (Lipinski definition) is 1. The zero-order chi connectivity index (χ0) is 17.6. The van der Waals surface area contributed by atoms with E-state index in [0.717, 1.165) is 14.5 Å². The summed E-state index contributed by atoms with van der Waals surface area (Å²) in [6.45, 7) is 8.37. The van der Waals surface area contributed by atoms with Crippen LogP contribution >= 0.6 is 43.6 Å². The van der Waals surface area contributed by atoms with Gasteiger partial charge in [-0.2, -0.15) is 11.8 Å². The molecule has 23 heavy (non-hydrogen) atoms. The Bertz CT molecular complexity index is 551. The number of phenolic OH excluding ortho intramolecular Hbond substituents is 1. The van der Waals surface area contributed by atoms with Crippen molar-refractivity contribution in [2.24, 2.45) is 5.92 Å². The quantitative estimate of drug-likeness (QED) is 0.523. The molecule has 7 heteroatoms. The van der Waals surface area contributed by atoms with Gasteiger partial charge in [-0.15, -0.1) is 0 Å². The van der Waals surface area contributed by atoms with Crippen LogP contribution in [0.1, 0.15) is 38.5 Å². The van der Waals surface area contributed by atoms with Gasteiger partial charge in [0.05, 0.1) is 19.1 Å². The highest BCUT2D eigenvalue weighted by atomic mass is 79.9. The van der Waals surface area contributed by atoms with Crippen molar-refractivity contribution >= 4 is 49.6 Å². The summed E-state index contributed by atoms with van der Waals surface area (Å²) in [4.78, 5) is 11.7. The van der Waals surface area contributed by atoms with Gasteiger partial charge in [-0.05, 0) is 58.7 Å². The zero-order valence-corrected chi connectivity index (χ0v) is 17.7. The van der Waals surface area contributed by atoms with Gasteiger partial charge in [0.15, 0.2) is 11.5 Å². The Kier molecular flexibility index (Phi) is 8.79. The van der Waals surface area contributed by atoms with E-state index in [-0.39, 0.29) is 22.9 Å². The fourth-order valence-corrected chi connectivity index (χ4v) is 4.30. The van der Waals surface area contributed by atoms with Gasteiger partial charge in [-0.25, -0.2) is 0 Å². The van der Waals surface area contributed by atoms with Gasteiger partial charge in [-0.3, -0.25) is 4.79 Å². The van der Waals surface area contributed by atoms with Gasteiger partial charge in [0.1, 0.15) is 0 Å². The third-order valence-corrected chi connectivity index (χ3v) is 6.62. The molecule has 0 spiro atoms. The third-order valence-electron chi connectivity index (χ3n) is 3.18. The summed E-state index contributed by atoms with van der Waals surface area (Å²) in [5.41, 5.74) is 0.754. The molecule has 0 aliphatic carbocycles. The maximum absolute atomic E-state index is 11.7. The number of thioether (sulfide) groups is 1. The Hall–Kier alpha value is -0.400. The molecule has 4 nitrogen and oxygen atoms in total. The number of aromatic hydroxyl groups is 1. The van der Waals surface area contributed by atoms with Crippen molar-refractivity contribution in [1.29, 1.82) is 0 Å². The molecule has 1 rings (SSSR count). The van der Waals surface area contributed by atoms with E-state index in [1.165, 1.54) is 0 Å². The average molecular weight is 470 g/mol. The SMILES string of the molecule is CCOC(=O)C(C)CSC(C)c1c(O)c(OCC)cc(Br)c1Br. The van der Waals surface area contributed by atoms with Gasteiger partial charge in [-0.1, -0.05) is 6.92 Å². The van der Waals surface area contributed by atoms with E-state index in [4.69, 9.17) is 9.47 Å². The lowest BCUT2D eigenvalue weighted by Crippen LogP contribution is -2.17. The second-order valence-electron chi connectivity index (χ2n) is 4.99. The van der Waals surface area contributed by atoms with Crippen molar-refractivity contribution < 1.29 is 19.4 Å². The molecular weight excluding hydrogens is 448 g/mol. The van der Waals surface area contributed by atoms with Gasteiger partial charge < -0.3 is 14.6 Å². The highest BCUT2D eigenvalue weighted by molar-refractivity contribution is 9.13. The number of rotatable bonds is 8. The van der Waals surface area contributed by atoms with E-state index in [0.29, 0.717) is 24.7 Å². The topological polar surface area (TPSA) is 55.8 Å². The molecule has 2 unspecified atom stereocenters. The van der Waals surface area contributed by atoms with E-state index in [1.807, 2.05) is 20.8 Å². The van der Waals surface area contributed by atoms with Crippen molar-refractivity contribution in [2.45, 2.75) is 32.9 Å². The summed E-state index contributed by atoms with van der Waals surface area (Å²) in [6, 6.07) is 1.74.